The summed E-state index contributed by atoms with van der Waals surface area (Å²) in [6, 6.07) is 16.8. The van der Waals surface area contributed by atoms with E-state index in [-0.39, 0.29) is 12.5 Å². The summed E-state index contributed by atoms with van der Waals surface area (Å²) in [4.78, 5) is 12.4. The standard InChI is InChI=1S/C20H22N4O2S/c1-3-13-27-20-23-22-18(14-21-19(25)15-9-5-4-6-10-15)24(20)16-11-7-8-12-17(16)26-2/h4-12H,3,13-14H2,1-2H3,(H,21,25). The number of nitrogens with one attached hydrogen (secondary N) is 1. The molecule has 0 spiro atoms. The van der Waals surface area contributed by atoms with E-state index in [1.54, 1.807) is 31.0 Å². The van der Waals surface area contributed by atoms with Gasteiger partial charge in [0.2, 0.25) is 0 Å². The molecule has 3 aromatic rings. The third-order valence-corrected chi connectivity index (χ3v) is 5.04. The molecule has 1 aromatic heterocycles. The Kier molecular flexibility index (Phi) is 6.49. The summed E-state index contributed by atoms with van der Waals surface area (Å²) < 4.78 is 7.45. The molecule has 1 heterocycles. The summed E-state index contributed by atoms with van der Waals surface area (Å²) >= 11 is 1.63. The minimum atomic E-state index is -0.145. The molecule has 0 bridgehead atoms. The molecule has 0 aliphatic carbocycles. The number of hydrogen-bond donors (Lipinski definition) is 1. The number of nitrogens with zero attached hydrogens (tertiary/aromatic N) is 3. The topological polar surface area (TPSA) is 69.0 Å². The van der Waals surface area contributed by atoms with Crippen LogP contribution >= 0.6 is 11.8 Å². The Morgan fingerprint density at radius 3 is 2.59 bits per heavy atom. The monoisotopic (exact) mass is 382 g/mol. The lowest BCUT2D eigenvalue weighted by Gasteiger charge is -2.14. The van der Waals surface area contributed by atoms with E-state index < -0.39 is 0 Å². The second-order valence-electron chi connectivity index (χ2n) is 5.80. The molecule has 7 heteroatoms. The quantitative estimate of drug-likeness (QED) is 0.602. The molecule has 0 fully saturated rings. The van der Waals surface area contributed by atoms with E-state index in [2.05, 4.69) is 22.4 Å². The zero-order chi connectivity index (χ0) is 19.1. The molecule has 140 valence electrons. The molecule has 0 aliphatic heterocycles. The van der Waals surface area contributed by atoms with Gasteiger partial charge in [-0.15, -0.1) is 10.2 Å². The SMILES string of the molecule is CCCSc1nnc(CNC(=O)c2ccccc2)n1-c1ccccc1OC. The number of aromatic nitrogens is 3. The Bertz CT molecular complexity index is 896. The Balaban J connectivity index is 1.89. The van der Waals surface area contributed by atoms with Gasteiger partial charge >= 0.3 is 0 Å². The molecule has 3 rings (SSSR count). The van der Waals surface area contributed by atoms with Crippen molar-refractivity contribution < 1.29 is 9.53 Å². The van der Waals surface area contributed by atoms with E-state index in [0.717, 1.165) is 28.8 Å². The van der Waals surface area contributed by atoms with Crippen molar-refractivity contribution in [2.45, 2.75) is 25.0 Å². The van der Waals surface area contributed by atoms with Crippen molar-refractivity contribution in [1.29, 1.82) is 0 Å². The van der Waals surface area contributed by atoms with Crippen molar-refractivity contribution in [3.05, 3.63) is 66.0 Å². The first-order valence-corrected chi connectivity index (χ1v) is 9.77. The van der Waals surface area contributed by atoms with Crippen molar-refractivity contribution >= 4 is 17.7 Å². The number of amides is 1. The molecule has 0 saturated heterocycles. The van der Waals surface area contributed by atoms with E-state index >= 15 is 0 Å². The van der Waals surface area contributed by atoms with Gasteiger partial charge in [-0.25, -0.2) is 0 Å². The summed E-state index contributed by atoms with van der Waals surface area (Å²) in [7, 11) is 1.64. The van der Waals surface area contributed by atoms with Crippen LogP contribution in [0.15, 0.2) is 59.8 Å². The highest BCUT2D eigenvalue weighted by Gasteiger charge is 2.18. The summed E-state index contributed by atoms with van der Waals surface area (Å²) in [6.45, 7) is 2.39. The van der Waals surface area contributed by atoms with Gasteiger partial charge in [-0.05, 0) is 30.7 Å². The van der Waals surface area contributed by atoms with Gasteiger partial charge in [0.25, 0.3) is 5.91 Å². The first kappa shape index (κ1) is 19.0. The fourth-order valence-electron chi connectivity index (χ4n) is 2.61. The molecule has 0 atom stereocenters. The van der Waals surface area contributed by atoms with Gasteiger partial charge in [0, 0.05) is 11.3 Å². The van der Waals surface area contributed by atoms with Crippen LogP contribution in [0.3, 0.4) is 0 Å². The highest BCUT2D eigenvalue weighted by atomic mass is 32.2. The summed E-state index contributed by atoms with van der Waals surface area (Å²) in [6.07, 6.45) is 1.03. The molecule has 1 N–H and O–H groups in total. The number of carbonyl (C=O) groups excluding carboxylic acids is 1. The normalized spacial score (nSPS) is 10.6. The van der Waals surface area contributed by atoms with E-state index in [1.165, 1.54) is 0 Å². The van der Waals surface area contributed by atoms with Crippen LogP contribution in [0.1, 0.15) is 29.5 Å². The summed E-state index contributed by atoms with van der Waals surface area (Å²) in [5.41, 5.74) is 1.47. The van der Waals surface area contributed by atoms with Crippen LogP contribution in [-0.4, -0.2) is 33.5 Å². The van der Waals surface area contributed by atoms with Gasteiger partial charge in [0.15, 0.2) is 11.0 Å². The Labute approximate surface area is 163 Å². The molecule has 0 radical (unpaired) electrons. The molecule has 0 aliphatic rings. The first-order chi connectivity index (χ1) is 13.2. The van der Waals surface area contributed by atoms with Gasteiger partial charge in [0.05, 0.1) is 19.3 Å². The Hall–Kier alpha value is -2.80. The zero-order valence-corrected chi connectivity index (χ0v) is 16.2. The molecule has 6 nitrogen and oxygen atoms in total. The van der Waals surface area contributed by atoms with Crippen LogP contribution in [0.2, 0.25) is 0 Å². The molecule has 0 unspecified atom stereocenters. The summed E-state index contributed by atoms with van der Waals surface area (Å²) in [5, 5.41) is 12.3. The van der Waals surface area contributed by atoms with E-state index in [1.807, 2.05) is 47.0 Å². The molecular weight excluding hydrogens is 360 g/mol. The predicted molar refractivity (Wildman–Crippen MR) is 107 cm³/mol. The van der Waals surface area contributed by atoms with Crippen LogP contribution in [0.5, 0.6) is 5.75 Å². The largest absolute Gasteiger partial charge is 0.495 e. The smallest absolute Gasteiger partial charge is 0.251 e. The molecule has 2 aromatic carbocycles. The number of carbonyl (C=O) groups is 1. The number of para-hydroxylation sites is 2. The number of rotatable bonds is 8. The second-order valence-corrected chi connectivity index (χ2v) is 6.87. The highest BCUT2D eigenvalue weighted by Crippen LogP contribution is 2.28. The van der Waals surface area contributed by atoms with Gasteiger partial charge in [-0.1, -0.05) is 49.0 Å². The average molecular weight is 382 g/mol. The maximum absolute atomic E-state index is 12.4. The van der Waals surface area contributed by atoms with Gasteiger partial charge < -0.3 is 10.1 Å². The van der Waals surface area contributed by atoms with Crippen LogP contribution in [0, 0.1) is 0 Å². The molecule has 0 saturated carbocycles. The van der Waals surface area contributed by atoms with Crippen LogP contribution in [0.4, 0.5) is 0 Å². The lowest BCUT2D eigenvalue weighted by molar-refractivity contribution is 0.0949. The number of hydrogen-bond acceptors (Lipinski definition) is 5. The van der Waals surface area contributed by atoms with Crippen molar-refractivity contribution in [2.75, 3.05) is 12.9 Å². The Morgan fingerprint density at radius 1 is 1.11 bits per heavy atom. The fourth-order valence-corrected chi connectivity index (χ4v) is 3.43. The lowest BCUT2D eigenvalue weighted by atomic mass is 10.2. The zero-order valence-electron chi connectivity index (χ0n) is 15.4. The number of methoxy groups -OCH3 is 1. The maximum atomic E-state index is 12.4. The van der Waals surface area contributed by atoms with Crippen molar-refractivity contribution in [2.24, 2.45) is 0 Å². The molecular formula is C20H22N4O2S. The van der Waals surface area contributed by atoms with Crippen LogP contribution < -0.4 is 10.1 Å². The second kappa shape index (κ2) is 9.23. The maximum Gasteiger partial charge on any atom is 0.251 e. The first-order valence-electron chi connectivity index (χ1n) is 8.78. The lowest BCUT2D eigenvalue weighted by Crippen LogP contribution is -2.24. The fraction of sp³-hybridized carbons (Fsp3) is 0.250. The van der Waals surface area contributed by atoms with E-state index in [0.29, 0.717) is 11.4 Å². The number of thioether (sulfide) groups is 1. The minimum absolute atomic E-state index is 0.145. The van der Waals surface area contributed by atoms with Crippen LogP contribution in [0.25, 0.3) is 5.69 Å². The van der Waals surface area contributed by atoms with Crippen molar-refractivity contribution in [1.82, 2.24) is 20.1 Å². The Morgan fingerprint density at radius 2 is 1.85 bits per heavy atom. The summed E-state index contributed by atoms with van der Waals surface area (Å²) in [5.74, 6) is 2.17. The number of ether oxygens (including phenoxy) is 1. The van der Waals surface area contributed by atoms with E-state index in [4.69, 9.17) is 4.74 Å². The van der Waals surface area contributed by atoms with Gasteiger partial charge in [-0.3, -0.25) is 9.36 Å². The van der Waals surface area contributed by atoms with Crippen molar-refractivity contribution in [3.8, 4) is 11.4 Å². The predicted octanol–water partition coefficient (Wildman–Crippen LogP) is 3.71. The van der Waals surface area contributed by atoms with Gasteiger partial charge in [-0.2, -0.15) is 0 Å². The third kappa shape index (κ3) is 4.49. The molecule has 1 amide bonds. The average Bonchev–Trinajstić information content (AvgIpc) is 3.13. The van der Waals surface area contributed by atoms with Crippen LogP contribution in [-0.2, 0) is 6.54 Å². The minimum Gasteiger partial charge on any atom is -0.495 e. The van der Waals surface area contributed by atoms with Crippen molar-refractivity contribution in [3.63, 3.8) is 0 Å². The van der Waals surface area contributed by atoms with E-state index in [9.17, 15) is 4.79 Å². The molecule has 27 heavy (non-hydrogen) atoms. The third-order valence-electron chi connectivity index (χ3n) is 3.90. The number of benzene rings is 2. The highest BCUT2D eigenvalue weighted by molar-refractivity contribution is 7.99. The van der Waals surface area contributed by atoms with Gasteiger partial charge in [0.1, 0.15) is 5.75 Å².